The van der Waals surface area contributed by atoms with Crippen molar-refractivity contribution in [2.45, 2.75) is 45.4 Å². The average molecular weight is 168 g/mol. The SMILES string of the molecule is CCCC(O)=C1CCCCC1=O. The molecule has 1 aliphatic carbocycles. The van der Waals surface area contributed by atoms with Crippen LogP contribution in [0.15, 0.2) is 11.3 Å². The first-order chi connectivity index (χ1) is 5.75. The second-order valence-corrected chi connectivity index (χ2v) is 3.31. The van der Waals surface area contributed by atoms with E-state index in [0.717, 1.165) is 25.7 Å². The minimum absolute atomic E-state index is 0.159. The lowest BCUT2D eigenvalue weighted by Crippen LogP contribution is -2.11. The van der Waals surface area contributed by atoms with Gasteiger partial charge in [-0.3, -0.25) is 4.79 Å². The summed E-state index contributed by atoms with van der Waals surface area (Å²) < 4.78 is 0. The highest BCUT2D eigenvalue weighted by molar-refractivity contribution is 5.96. The third-order valence-electron chi connectivity index (χ3n) is 2.25. The Balaban J connectivity index is 2.68. The van der Waals surface area contributed by atoms with E-state index in [0.29, 0.717) is 24.2 Å². The normalized spacial score (nSPS) is 22.6. The van der Waals surface area contributed by atoms with Crippen LogP contribution in [-0.2, 0) is 4.79 Å². The maximum Gasteiger partial charge on any atom is 0.162 e. The van der Waals surface area contributed by atoms with Crippen LogP contribution in [0.2, 0.25) is 0 Å². The van der Waals surface area contributed by atoms with Crippen LogP contribution < -0.4 is 0 Å². The summed E-state index contributed by atoms with van der Waals surface area (Å²) in [6.45, 7) is 2.00. The fraction of sp³-hybridized carbons (Fsp3) is 0.700. The molecule has 2 heteroatoms. The molecule has 0 unspecified atom stereocenters. The number of carbonyl (C=O) groups excluding carboxylic acids is 1. The molecule has 2 nitrogen and oxygen atoms in total. The third kappa shape index (κ3) is 2.10. The van der Waals surface area contributed by atoms with Crippen molar-refractivity contribution in [3.63, 3.8) is 0 Å². The molecule has 0 saturated heterocycles. The van der Waals surface area contributed by atoms with Crippen molar-refractivity contribution in [1.29, 1.82) is 0 Å². The van der Waals surface area contributed by atoms with Gasteiger partial charge in [0.1, 0.15) is 0 Å². The van der Waals surface area contributed by atoms with Gasteiger partial charge < -0.3 is 5.11 Å². The molecule has 0 atom stereocenters. The number of carbonyl (C=O) groups is 1. The predicted octanol–water partition coefficient (Wildman–Crippen LogP) is 2.74. The predicted molar refractivity (Wildman–Crippen MR) is 48.0 cm³/mol. The second-order valence-electron chi connectivity index (χ2n) is 3.31. The van der Waals surface area contributed by atoms with Gasteiger partial charge in [-0.25, -0.2) is 0 Å². The number of aliphatic hydroxyl groups is 1. The van der Waals surface area contributed by atoms with Gasteiger partial charge in [0.2, 0.25) is 0 Å². The highest BCUT2D eigenvalue weighted by atomic mass is 16.3. The molecule has 0 aromatic heterocycles. The van der Waals surface area contributed by atoms with E-state index in [-0.39, 0.29) is 5.78 Å². The molecule has 0 aromatic rings. The number of ketones is 1. The van der Waals surface area contributed by atoms with E-state index in [4.69, 9.17) is 0 Å². The van der Waals surface area contributed by atoms with Gasteiger partial charge in [0.25, 0.3) is 0 Å². The zero-order chi connectivity index (χ0) is 8.97. The summed E-state index contributed by atoms with van der Waals surface area (Å²) in [5.41, 5.74) is 0.697. The maximum absolute atomic E-state index is 11.3. The van der Waals surface area contributed by atoms with Crippen molar-refractivity contribution in [2.75, 3.05) is 0 Å². The molecule has 1 rings (SSSR count). The van der Waals surface area contributed by atoms with Crippen molar-refractivity contribution in [2.24, 2.45) is 0 Å². The number of Topliss-reactive ketones (excluding diaryl/α,β-unsaturated/α-hetero) is 1. The molecule has 68 valence electrons. The van der Waals surface area contributed by atoms with Gasteiger partial charge in [-0.15, -0.1) is 0 Å². The largest absolute Gasteiger partial charge is 0.512 e. The van der Waals surface area contributed by atoms with Gasteiger partial charge in [-0.05, 0) is 25.7 Å². The van der Waals surface area contributed by atoms with Crippen LogP contribution in [0.25, 0.3) is 0 Å². The Bertz CT molecular complexity index is 204. The lowest BCUT2D eigenvalue weighted by atomic mass is 9.92. The van der Waals surface area contributed by atoms with Crippen LogP contribution in [0.5, 0.6) is 0 Å². The van der Waals surface area contributed by atoms with E-state index in [1.54, 1.807) is 0 Å². The Kier molecular flexibility index (Phi) is 3.32. The van der Waals surface area contributed by atoms with Gasteiger partial charge in [-0.2, -0.15) is 0 Å². The molecule has 1 fully saturated rings. The summed E-state index contributed by atoms with van der Waals surface area (Å²) in [6, 6.07) is 0. The number of hydrogen-bond acceptors (Lipinski definition) is 2. The fourth-order valence-corrected chi connectivity index (χ4v) is 1.57. The molecule has 0 bridgehead atoms. The first kappa shape index (κ1) is 9.30. The van der Waals surface area contributed by atoms with E-state index >= 15 is 0 Å². The molecular formula is C10H16O2. The Morgan fingerprint density at radius 3 is 2.67 bits per heavy atom. The molecular weight excluding hydrogens is 152 g/mol. The topological polar surface area (TPSA) is 37.3 Å². The fourth-order valence-electron chi connectivity index (χ4n) is 1.57. The van der Waals surface area contributed by atoms with E-state index < -0.39 is 0 Å². The monoisotopic (exact) mass is 168 g/mol. The number of rotatable bonds is 2. The van der Waals surface area contributed by atoms with Crippen LogP contribution in [-0.4, -0.2) is 10.9 Å². The molecule has 0 radical (unpaired) electrons. The van der Waals surface area contributed by atoms with Crippen LogP contribution >= 0.6 is 0 Å². The van der Waals surface area contributed by atoms with E-state index in [1.807, 2.05) is 6.92 Å². The third-order valence-corrected chi connectivity index (χ3v) is 2.25. The number of allylic oxidation sites excluding steroid dienone is 2. The van der Waals surface area contributed by atoms with Gasteiger partial charge in [0.15, 0.2) is 5.78 Å². The lowest BCUT2D eigenvalue weighted by Gasteiger charge is -2.14. The Morgan fingerprint density at radius 2 is 2.08 bits per heavy atom. The van der Waals surface area contributed by atoms with Crippen molar-refractivity contribution in [3.05, 3.63) is 11.3 Å². The molecule has 0 amide bonds. The minimum atomic E-state index is 0.159. The van der Waals surface area contributed by atoms with E-state index in [9.17, 15) is 9.90 Å². The summed E-state index contributed by atoms with van der Waals surface area (Å²) in [6.07, 6.45) is 5.01. The minimum Gasteiger partial charge on any atom is -0.512 e. The Labute approximate surface area is 73.3 Å². The zero-order valence-corrected chi connectivity index (χ0v) is 7.60. The molecule has 0 aromatic carbocycles. The van der Waals surface area contributed by atoms with Crippen LogP contribution in [0.3, 0.4) is 0 Å². The number of hydrogen-bond donors (Lipinski definition) is 1. The molecule has 1 aliphatic rings. The van der Waals surface area contributed by atoms with Crippen molar-refractivity contribution in [3.8, 4) is 0 Å². The quantitative estimate of drug-likeness (QED) is 0.508. The van der Waals surface area contributed by atoms with Crippen molar-refractivity contribution in [1.82, 2.24) is 0 Å². The van der Waals surface area contributed by atoms with Crippen LogP contribution in [0.1, 0.15) is 45.4 Å². The summed E-state index contributed by atoms with van der Waals surface area (Å²) in [5, 5.41) is 9.50. The molecule has 0 spiro atoms. The Hall–Kier alpha value is -0.790. The summed E-state index contributed by atoms with van der Waals surface area (Å²) in [7, 11) is 0. The zero-order valence-electron chi connectivity index (χ0n) is 7.60. The van der Waals surface area contributed by atoms with Gasteiger partial charge in [0.05, 0.1) is 5.76 Å². The molecule has 1 saturated carbocycles. The summed E-state index contributed by atoms with van der Waals surface area (Å²) in [5.74, 6) is 0.495. The maximum atomic E-state index is 11.3. The first-order valence-corrected chi connectivity index (χ1v) is 4.70. The first-order valence-electron chi connectivity index (χ1n) is 4.70. The van der Waals surface area contributed by atoms with Gasteiger partial charge >= 0.3 is 0 Å². The molecule has 0 aliphatic heterocycles. The van der Waals surface area contributed by atoms with Gasteiger partial charge in [0, 0.05) is 18.4 Å². The molecule has 1 N–H and O–H groups in total. The van der Waals surface area contributed by atoms with E-state index in [1.165, 1.54) is 0 Å². The average Bonchev–Trinajstić information content (AvgIpc) is 2.05. The lowest BCUT2D eigenvalue weighted by molar-refractivity contribution is -0.116. The van der Waals surface area contributed by atoms with Crippen LogP contribution in [0.4, 0.5) is 0 Å². The number of aliphatic hydroxyl groups excluding tert-OH is 1. The smallest absolute Gasteiger partial charge is 0.162 e. The van der Waals surface area contributed by atoms with Crippen molar-refractivity contribution >= 4 is 5.78 Å². The van der Waals surface area contributed by atoms with Gasteiger partial charge in [-0.1, -0.05) is 6.92 Å². The highest BCUT2D eigenvalue weighted by Crippen LogP contribution is 2.23. The molecule has 0 heterocycles. The van der Waals surface area contributed by atoms with E-state index in [2.05, 4.69) is 0 Å². The highest BCUT2D eigenvalue weighted by Gasteiger charge is 2.18. The second kappa shape index (κ2) is 4.29. The van der Waals surface area contributed by atoms with Crippen LogP contribution in [0, 0.1) is 0 Å². The molecule has 12 heavy (non-hydrogen) atoms. The summed E-state index contributed by atoms with van der Waals surface area (Å²) >= 11 is 0. The van der Waals surface area contributed by atoms with Crippen molar-refractivity contribution < 1.29 is 9.90 Å². The summed E-state index contributed by atoms with van der Waals surface area (Å²) in [4.78, 5) is 11.3. The standard InChI is InChI=1S/C10H16O2/c1-2-5-9(11)8-6-3-4-7-10(8)12/h11H,2-7H2,1H3. The Morgan fingerprint density at radius 1 is 1.42 bits per heavy atom.